The molecular formula is C38H55N3O9. The Balaban J connectivity index is 1.46. The summed E-state index contributed by atoms with van der Waals surface area (Å²) >= 11 is 0. The van der Waals surface area contributed by atoms with Gasteiger partial charge in [-0.3, -0.25) is 24.1 Å². The van der Waals surface area contributed by atoms with Gasteiger partial charge in [0.1, 0.15) is 22.8 Å². The fraction of sp³-hybridized carbons (Fsp3) is 0.632. The van der Waals surface area contributed by atoms with Gasteiger partial charge in [-0.25, -0.2) is 0 Å². The molecule has 0 spiro atoms. The molecule has 0 saturated heterocycles. The van der Waals surface area contributed by atoms with E-state index in [0.717, 1.165) is 19.3 Å². The van der Waals surface area contributed by atoms with Crippen LogP contribution in [0.15, 0.2) is 29.0 Å². The summed E-state index contributed by atoms with van der Waals surface area (Å²) in [7, 11) is 2.91. The summed E-state index contributed by atoms with van der Waals surface area (Å²) < 4.78 is 0. The molecular weight excluding hydrogens is 642 g/mol. The second-order valence-corrected chi connectivity index (χ2v) is 14.5. The highest BCUT2D eigenvalue weighted by Crippen LogP contribution is 2.56. The molecule has 0 aliphatic heterocycles. The maximum absolute atomic E-state index is 14.2. The molecule has 0 radical (unpaired) electrons. The highest BCUT2D eigenvalue weighted by molar-refractivity contribution is 6.24. The standard InChI is InChI=1S/C38H55N3O9/c1-5-6-7-8-9-10-11-12-13-14-15-16-17-18-24(42)40-23-20-19-22-21(2)25-27(32(44)26(22)31(23)43)35(47)38(50)29(33(25)45)30(41(3)4)34(46)28(36(38)48)37(39)49/h19-21,25,29-30,33,43-45,48,50H,5-18H2,1-4H3,(H2,39,49)(H,40,42)/t21-,25?,29?,30-,33-,38?/m0/s1. The lowest BCUT2D eigenvalue weighted by molar-refractivity contribution is -0.169. The molecule has 3 aliphatic rings. The van der Waals surface area contributed by atoms with Gasteiger partial charge in [-0.15, -0.1) is 0 Å². The quantitative estimate of drug-likeness (QED) is 0.0664. The first-order valence-electron chi connectivity index (χ1n) is 18.2. The Hall–Kier alpha value is -3.74. The fourth-order valence-corrected chi connectivity index (χ4v) is 8.23. The van der Waals surface area contributed by atoms with Gasteiger partial charge in [0.15, 0.2) is 11.4 Å². The van der Waals surface area contributed by atoms with Gasteiger partial charge in [0.05, 0.1) is 29.3 Å². The molecule has 12 nitrogen and oxygen atoms in total. The summed E-state index contributed by atoms with van der Waals surface area (Å²) in [6.45, 7) is 3.88. The number of aliphatic hydroxyl groups is 4. The van der Waals surface area contributed by atoms with Gasteiger partial charge in [0.25, 0.3) is 5.91 Å². The number of carbonyl (C=O) groups excluding carboxylic acids is 4. The molecule has 3 aliphatic carbocycles. The number of likely N-dealkylation sites (N-methyl/N-ethyl adjacent to an activating group) is 1. The molecule has 1 aromatic rings. The van der Waals surface area contributed by atoms with Crippen LogP contribution < -0.4 is 11.1 Å². The van der Waals surface area contributed by atoms with E-state index in [4.69, 9.17) is 5.73 Å². The number of rotatable bonds is 17. The number of nitrogens with two attached hydrogens (primary N) is 1. The van der Waals surface area contributed by atoms with Crippen LogP contribution in [0.2, 0.25) is 0 Å². The van der Waals surface area contributed by atoms with E-state index < -0.39 is 81.4 Å². The SMILES string of the molecule is CCCCCCCCCCCCCCCC(=O)Nc1ccc2c(c1O)C(O)=C1C(=O)C3(O)C(O)=C(C(N)=O)C(=O)[C@@H](N(C)C)C3[C@@H](O)C1[C@H]2C. The Bertz CT molecular complexity index is 1530. The Labute approximate surface area is 294 Å². The van der Waals surface area contributed by atoms with Gasteiger partial charge in [-0.1, -0.05) is 97.0 Å². The summed E-state index contributed by atoms with van der Waals surface area (Å²) in [5.74, 6) is -9.95. The second-order valence-electron chi connectivity index (χ2n) is 14.5. The topological polar surface area (TPSA) is 211 Å². The van der Waals surface area contributed by atoms with E-state index in [1.165, 1.54) is 82.8 Å². The first kappa shape index (κ1) is 39.1. The van der Waals surface area contributed by atoms with Crippen LogP contribution in [-0.4, -0.2) is 85.7 Å². The number of nitrogens with one attached hydrogen (secondary N) is 1. The minimum absolute atomic E-state index is 0.0105. The Morgan fingerprint density at radius 3 is 1.96 bits per heavy atom. The van der Waals surface area contributed by atoms with Crippen molar-refractivity contribution in [2.45, 2.75) is 127 Å². The zero-order chi connectivity index (χ0) is 36.9. The monoisotopic (exact) mass is 697 g/mol. The third kappa shape index (κ3) is 7.34. The molecule has 0 bridgehead atoms. The predicted octanol–water partition coefficient (Wildman–Crippen LogP) is 4.92. The van der Waals surface area contributed by atoms with E-state index in [-0.39, 0.29) is 23.6 Å². The number of ketones is 2. The Morgan fingerprint density at radius 2 is 1.44 bits per heavy atom. The van der Waals surface area contributed by atoms with Crippen LogP contribution in [0.5, 0.6) is 5.75 Å². The number of fused-ring (bicyclic) bond motifs is 3. The van der Waals surface area contributed by atoms with Crippen molar-refractivity contribution in [2.24, 2.45) is 17.6 Å². The first-order chi connectivity index (χ1) is 23.7. The average Bonchev–Trinajstić information content (AvgIpc) is 3.05. The summed E-state index contributed by atoms with van der Waals surface area (Å²) in [6.07, 6.45) is 13.9. The molecule has 4 rings (SSSR count). The van der Waals surface area contributed by atoms with E-state index in [2.05, 4.69) is 12.2 Å². The fourth-order valence-electron chi connectivity index (χ4n) is 8.23. The lowest BCUT2D eigenvalue weighted by atomic mass is 9.54. The van der Waals surface area contributed by atoms with Crippen molar-refractivity contribution in [3.8, 4) is 5.75 Å². The summed E-state index contributed by atoms with van der Waals surface area (Å²) in [5.41, 5.74) is 1.14. The highest BCUT2D eigenvalue weighted by atomic mass is 16.4. The smallest absolute Gasteiger partial charge is 0.255 e. The molecule has 1 fully saturated rings. The zero-order valence-corrected chi connectivity index (χ0v) is 29.8. The van der Waals surface area contributed by atoms with Crippen molar-refractivity contribution in [2.75, 3.05) is 19.4 Å². The number of primary amides is 1. The van der Waals surface area contributed by atoms with Crippen molar-refractivity contribution in [1.82, 2.24) is 4.90 Å². The van der Waals surface area contributed by atoms with Crippen LogP contribution in [0.4, 0.5) is 5.69 Å². The normalized spacial score (nSPS) is 26.2. The Kier molecular flexibility index (Phi) is 12.9. The molecule has 8 N–H and O–H groups in total. The second kappa shape index (κ2) is 16.5. The number of phenolic OH excluding ortho intramolecular Hbond substituents is 1. The van der Waals surface area contributed by atoms with Gasteiger partial charge in [0, 0.05) is 17.9 Å². The third-order valence-corrected chi connectivity index (χ3v) is 10.9. The van der Waals surface area contributed by atoms with Gasteiger partial charge in [-0.05, 0) is 38.1 Å². The average molecular weight is 698 g/mol. The zero-order valence-electron chi connectivity index (χ0n) is 29.8. The number of hydrogen-bond acceptors (Lipinski definition) is 10. The van der Waals surface area contributed by atoms with Crippen molar-refractivity contribution < 1.29 is 44.7 Å². The number of hydrogen-bond donors (Lipinski definition) is 7. The number of aliphatic hydroxyl groups excluding tert-OH is 3. The largest absolute Gasteiger partial charge is 0.508 e. The van der Waals surface area contributed by atoms with Crippen LogP contribution in [0.1, 0.15) is 121 Å². The number of Topliss-reactive ketones (excluding diaryl/α,β-unsaturated/α-hetero) is 2. The van der Waals surface area contributed by atoms with E-state index in [1.54, 1.807) is 13.0 Å². The summed E-state index contributed by atoms with van der Waals surface area (Å²) in [6, 6.07) is 1.64. The van der Waals surface area contributed by atoms with Crippen LogP contribution in [-0.2, 0) is 19.2 Å². The highest BCUT2D eigenvalue weighted by Gasteiger charge is 2.68. The van der Waals surface area contributed by atoms with Crippen LogP contribution in [0.25, 0.3) is 5.76 Å². The molecule has 3 unspecified atom stereocenters. The minimum Gasteiger partial charge on any atom is -0.508 e. The molecule has 276 valence electrons. The molecule has 12 heteroatoms. The first-order valence-corrected chi connectivity index (χ1v) is 18.2. The molecule has 6 atom stereocenters. The number of benzene rings is 1. The number of unbranched alkanes of at least 4 members (excludes halogenated alkanes) is 12. The maximum atomic E-state index is 14.2. The maximum Gasteiger partial charge on any atom is 0.255 e. The van der Waals surface area contributed by atoms with Gasteiger partial charge >= 0.3 is 0 Å². The summed E-state index contributed by atoms with van der Waals surface area (Å²) in [5, 5.41) is 60.1. The van der Waals surface area contributed by atoms with Gasteiger partial charge in [0.2, 0.25) is 11.7 Å². The van der Waals surface area contributed by atoms with Crippen molar-refractivity contribution in [3.63, 3.8) is 0 Å². The van der Waals surface area contributed by atoms with Crippen LogP contribution in [0, 0.1) is 11.8 Å². The number of nitrogens with zero attached hydrogens (tertiary/aromatic N) is 1. The third-order valence-electron chi connectivity index (χ3n) is 10.9. The van der Waals surface area contributed by atoms with Crippen LogP contribution in [0.3, 0.4) is 0 Å². The summed E-state index contributed by atoms with van der Waals surface area (Å²) in [4.78, 5) is 53.8. The molecule has 1 aromatic carbocycles. The van der Waals surface area contributed by atoms with Crippen molar-refractivity contribution >= 4 is 34.8 Å². The number of carbonyl (C=O) groups is 4. The van der Waals surface area contributed by atoms with E-state index in [1.807, 2.05) is 0 Å². The van der Waals surface area contributed by atoms with Crippen molar-refractivity contribution in [3.05, 3.63) is 40.2 Å². The van der Waals surface area contributed by atoms with E-state index in [9.17, 15) is 44.7 Å². The number of aromatic hydroxyl groups is 1. The number of phenols is 1. The molecule has 50 heavy (non-hydrogen) atoms. The minimum atomic E-state index is -2.99. The van der Waals surface area contributed by atoms with E-state index >= 15 is 0 Å². The van der Waals surface area contributed by atoms with Gasteiger partial charge in [-0.2, -0.15) is 0 Å². The van der Waals surface area contributed by atoms with Crippen molar-refractivity contribution in [1.29, 1.82) is 0 Å². The Morgan fingerprint density at radius 1 is 0.900 bits per heavy atom. The predicted molar refractivity (Wildman–Crippen MR) is 189 cm³/mol. The van der Waals surface area contributed by atoms with Crippen LogP contribution >= 0.6 is 0 Å². The molecule has 1 saturated carbocycles. The number of anilines is 1. The van der Waals surface area contributed by atoms with E-state index in [0.29, 0.717) is 12.0 Å². The van der Waals surface area contributed by atoms with Gasteiger partial charge < -0.3 is 36.6 Å². The lowest BCUT2D eigenvalue weighted by Gasteiger charge is -2.53. The molecule has 0 heterocycles. The number of amides is 2. The lowest BCUT2D eigenvalue weighted by Crippen LogP contribution is -2.70. The molecule has 0 aromatic heterocycles. The molecule has 2 amide bonds.